The highest BCUT2D eigenvalue weighted by Crippen LogP contribution is 2.23. The van der Waals surface area contributed by atoms with Crippen LogP contribution in [-0.4, -0.2) is 57.3 Å². The molecule has 160 valence electrons. The third-order valence-corrected chi connectivity index (χ3v) is 6.30. The summed E-state index contributed by atoms with van der Waals surface area (Å²) < 4.78 is 5.19. The maximum Gasteiger partial charge on any atom is 0.321 e. The minimum atomic E-state index is -0.734. The van der Waals surface area contributed by atoms with Crippen LogP contribution in [0.4, 0.5) is 11.6 Å². The molecule has 1 atom stereocenters. The standard InChI is InChI=1S/C23H24N4O3S/c1-30-20-8-4-17(5-9-20)18-12-24-23(25-13-18)26-19-6-2-16(3-7-19)10-11-27-15-31-14-21(27)22(28)29/h2-9,12-13,21H,10-11,14-15H2,1H3,(H,28,29)(H,24,25,26). The number of hydrogen-bond donors (Lipinski definition) is 2. The monoisotopic (exact) mass is 436 g/mol. The minimum Gasteiger partial charge on any atom is -0.497 e. The number of methoxy groups -OCH3 is 1. The van der Waals surface area contributed by atoms with Crippen molar-refractivity contribution in [3.63, 3.8) is 0 Å². The molecular formula is C23H24N4O3S. The Kier molecular flexibility index (Phi) is 6.69. The first kappa shape index (κ1) is 21.1. The predicted octanol–water partition coefficient (Wildman–Crippen LogP) is 3.90. The van der Waals surface area contributed by atoms with E-state index in [4.69, 9.17) is 4.74 Å². The van der Waals surface area contributed by atoms with E-state index in [9.17, 15) is 9.90 Å². The highest BCUT2D eigenvalue weighted by Gasteiger charge is 2.30. The van der Waals surface area contributed by atoms with Gasteiger partial charge in [0.2, 0.25) is 5.95 Å². The molecule has 1 unspecified atom stereocenters. The molecule has 2 N–H and O–H groups in total. The first-order valence-corrected chi connectivity index (χ1v) is 11.1. The van der Waals surface area contributed by atoms with Crippen molar-refractivity contribution in [2.24, 2.45) is 0 Å². The topological polar surface area (TPSA) is 87.6 Å². The number of nitrogens with zero attached hydrogens (tertiary/aromatic N) is 3. The van der Waals surface area contributed by atoms with Crippen molar-refractivity contribution >= 4 is 29.4 Å². The molecule has 31 heavy (non-hydrogen) atoms. The summed E-state index contributed by atoms with van der Waals surface area (Å²) in [6.45, 7) is 0.743. The first-order chi connectivity index (χ1) is 15.1. The zero-order valence-corrected chi connectivity index (χ0v) is 18.0. The summed E-state index contributed by atoms with van der Waals surface area (Å²) in [7, 11) is 1.65. The maximum atomic E-state index is 11.3. The van der Waals surface area contributed by atoms with Crippen LogP contribution in [0.3, 0.4) is 0 Å². The molecule has 2 heterocycles. The number of hydrogen-bond acceptors (Lipinski definition) is 7. The molecule has 8 heteroatoms. The van der Waals surface area contributed by atoms with Crippen LogP contribution in [0.2, 0.25) is 0 Å². The quantitative estimate of drug-likeness (QED) is 0.550. The molecule has 0 spiro atoms. The Labute approximate surface area is 185 Å². The average Bonchev–Trinajstić information content (AvgIpc) is 3.28. The smallest absolute Gasteiger partial charge is 0.321 e. The molecule has 7 nitrogen and oxygen atoms in total. The summed E-state index contributed by atoms with van der Waals surface area (Å²) in [6.07, 6.45) is 4.40. The summed E-state index contributed by atoms with van der Waals surface area (Å²) in [5.41, 5.74) is 4.03. The summed E-state index contributed by atoms with van der Waals surface area (Å²) >= 11 is 1.67. The van der Waals surface area contributed by atoms with Gasteiger partial charge in [0, 0.05) is 41.8 Å². The van der Waals surface area contributed by atoms with Crippen molar-refractivity contribution in [3.05, 3.63) is 66.5 Å². The van der Waals surface area contributed by atoms with E-state index < -0.39 is 5.97 Å². The molecule has 2 aromatic carbocycles. The predicted molar refractivity (Wildman–Crippen MR) is 123 cm³/mol. The van der Waals surface area contributed by atoms with E-state index in [0.29, 0.717) is 11.7 Å². The van der Waals surface area contributed by atoms with E-state index in [1.54, 1.807) is 31.3 Å². The number of thioether (sulfide) groups is 1. The van der Waals surface area contributed by atoms with Gasteiger partial charge in [-0.25, -0.2) is 9.97 Å². The second-order valence-corrected chi connectivity index (χ2v) is 8.26. The number of nitrogens with one attached hydrogen (secondary N) is 1. The second kappa shape index (κ2) is 9.80. The van der Waals surface area contributed by atoms with Crippen molar-refractivity contribution in [2.75, 3.05) is 30.6 Å². The van der Waals surface area contributed by atoms with Gasteiger partial charge in [-0.15, -0.1) is 11.8 Å². The largest absolute Gasteiger partial charge is 0.497 e. The van der Waals surface area contributed by atoms with Crippen LogP contribution >= 0.6 is 11.8 Å². The number of anilines is 2. The molecule has 4 rings (SSSR count). The van der Waals surface area contributed by atoms with Gasteiger partial charge < -0.3 is 15.2 Å². The van der Waals surface area contributed by atoms with Crippen LogP contribution in [0.5, 0.6) is 5.75 Å². The van der Waals surface area contributed by atoms with E-state index in [0.717, 1.165) is 41.4 Å². The molecule has 3 aromatic rings. The lowest BCUT2D eigenvalue weighted by atomic mass is 10.1. The van der Waals surface area contributed by atoms with Gasteiger partial charge >= 0.3 is 5.97 Å². The zero-order chi connectivity index (χ0) is 21.6. The Hall–Kier alpha value is -3.10. The van der Waals surface area contributed by atoms with Crippen LogP contribution in [0, 0.1) is 0 Å². The summed E-state index contributed by atoms with van der Waals surface area (Å²) in [4.78, 5) is 22.1. The molecule has 0 amide bonds. The Morgan fingerprint density at radius 1 is 1.13 bits per heavy atom. The molecule has 1 aliphatic heterocycles. The highest BCUT2D eigenvalue weighted by atomic mass is 32.2. The number of benzene rings is 2. The lowest BCUT2D eigenvalue weighted by Crippen LogP contribution is -2.38. The highest BCUT2D eigenvalue weighted by molar-refractivity contribution is 7.99. The fraction of sp³-hybridized carbons (Fsp3) is 0.261. The third-order valence-electron chi connectivity index (χ3n) is 5.23. The van der Waals surface area contributed by atoms with Crippen molar-refractivity contribution in [1.29, 1.82) is 0 Å². The van der Waals surface area contributed by atoms with Gasteiger partial charge in [0.15, 0.2) is 0 Å². The number of ether oxygens (including phenoxy) is 1. The van der Waals surface area contributed by atoms with E-state index in [1.165, 1.54) is 5.56 Å². The van der Waals surface area contributed by atoms with Crippen molar-refractivity contribution in [2.45, 2.75) is 12.5 Å². The van der Waals surface area contributed by atoms with Gasteiger partial charge in [0.1, 0.15) is 11.8 Å². The Bertz CT molecular complexity index is 1010. The van der Waals surface area contributed by atoms with E-state index in [2.05, 4.69) is 15.3 Å². The maximum absolute atomic E-state index is 11.3. The van der Waals surface area contributed by atoms with Crippen molar-refractivity contribution < 1.29 is 14.6 Å². The van der Waals surface area contributed by atoms with Gasteiger partial charge in [0.05, 0.1) is 7.11 Å². The molecule has 1 saturated heterocycles. The van der Waals surface area contributed by atoms with Gasteiger partial charge in [0.25, 0.3) is 0 Å². The molecule has 1 aliphatic rings. The van der Waals surface area contributed by atoms with E-state index in [1.807, 2.05) is 53.4 Å². The SMILES string of the molecule is COc1ccc(-c2cnc(Nc3ccc(CCN4CSCC4C(=O)O)cc3)nc2)cc1. The number of carboxylic acid groups (broad SMARTS) is 1. The molecule has 1 fully saturated rings. The Morgan fingerprint density at radius 3 is 2.48 bits per heavy atom. The Morgan fingerprint density at radius 2 is 1.84 bits per heavy atom. The molecule has 0 saturated carbocycles. The summed E-state index contributed by atoms with van der Waals surface area (Å²) in [6, 6.07) is 15.5. The van der Waals surface area contributed by atoms with E-state index in [-0.39, 0.29) is 6.04 Å². The molecule has 0 radical (unpaired) electrons. The van der Waals surface area contributed by atoms with Crippen molar-refractivity contribution in [3.8, 4) is 16.9 Å². The van der Waals surface area contributed by atoms with E-state index >= 15 is 0 Å². The normalized spacial score (nSPS) is 16.2. The van der Waals surface area contributed by atoms with Gasteiger partial charge in [-0.1, -0.05) is 24.3 Å². The molecule has 0 aliphatic carbocycles. The number of carbonyl (C=O) groups is 1. The first-order valence-electron chi connectivity index (χ1n) is 9.99. The van der Waals surface area contributed by atoms with Crippen LogP contribution in [0.1, 0.15) is 5.56 Å². The van der Waals surface area contributed by atoms with Crippen LogP contribution < -0.4 is 10.1 Å². The van der Waals surface area contributed by atoms with Crippen LogP contribution in [0.25, 0.3) is 11.1 Å². The molecule has 1 aromatic heterocycles. The lowest BCUT2D eigenvalue weighted by Gasteiger charge is -2.19. The molecular weight excluding hydrogens is 412 g/mol. The van der Waals surface area contributed by atoms with Gasteiger partial charge in [-0.3, -0.25) is 9.69 Å². The Balaban J connectivity index is 1.32. The summed E-state index contributed by atoms with van der Waals surface area (Å²) in [5.74, 6) is 2.05. The fourth-order valence-corrected chi connectivity index (χ4v) is 4.63. The van der Waals surface area contributed by atoms with Gasteiger partial charge in [-0.2, -0.15) is 0 Å². The van der Waals surface area contributed by atoms with Crippen LogP contribution in [-0.2, 0) is 11.2 Å². The number of rotatable bonds is 8. The molecule has 0 bridgehead atoms. The average molecular weight is 437 g/mol. The van der Waals surface area contributed by atoms with Gasteiger partial charge in [-0.05, 0) is 41.8 Å². The number of carboxylic acids is 1. The number of aliphatic carboxylic acids is 1. The zero-order valence-electron chi connectivity index (χ0n) is 17.2. The number of aromatic nitrogens is 2. The summed E-state index contributed by atoms with van der Waals surface area (Å²) in [5, 5.41) is 12.5. The minimum absolute atomic E-state index is 0.371. The fourth-order valence-electron chi connectivity index (χ4n) is 3.41. The lowest BCUT2D eigenvalue weighted by molar-refractivity contribution is -0.141. The third kappa shape index (κ3) is 5.34. The van der Waals surface area contributed by atoms with Crippen LogP contribution in [0.15, 0.2) is 60.9 Å². The second-order valence-electron chi connectivity index (χ2n) is 7.26. The van der Waals surface area contributed by atoms with Crippen molar-refractivity contribution in [1.82, 2.24) is 14.9 Å².